The number of carbonyl (C=O) groups is 2. The van der Waals surface area contributed by atoms with Crippen LogP contribution in [0.3, 0.4) is 0 Å². The van der Waals surface area contributed by atoms with Crippen LogP contribution in [0.2, 0.25) is 0 Å². The van der Waals surface area contributed by atoms with Gasteiger partial charge in [0.25, 0.3) is 10.5 Å². The number of carbonyl (C=O) groups excluding carboxylic acids is 2. The fraction of sp³-hybridized carbons (Fsp3) is 0. The lowest BCUT2D eigenvalue weighted by Gasteiger charge is -1.75. The predicted octanol–water partition coefficient (Wildman–Crippen LogP) is 1.43. The molecule has 6 heteroatoms. The fourth-order valence-electron chi connectivity index (χ4n) is 0.460. The standard InChI is InChI=1S/C5HCl2NO3/c6-4(9)2-1-3(5(7)10)11-8-2/h1H. The molecule has 0 aliphatic heterocycles. The molecule has 1 heterocycles. The van der Waals surface area contributed by atoms with Gasteiger partial charge in [-0.15, -0.1) is 0 Å². The van der Waals surface area contributed by atoms with Crippen molar-refractivity contribution in [3.05, 3.63) is 17.5 Å². The van der Waals surface area contributed by atoms with E-state index in [4.69, 9.17) is 23.2 Å². The molecule has 0 saturated heterocycles. The van der Waals surface area contributed by atoms with E-state index in [2.05, 4.69) is 9.68 Å². The number of aromatic nitrogens is 1. The maximum Gasteiger partial charge on any atom is 0.290 e. The van der Waals surface area contributed by atoms with Gasteiger partial charge >= 0.3 is 0 Å². The van der Waals surface area contributed by atoms with E-state index in [0.29, 0.717) is 0 Å². The molecular formula is C5HCl2NO3. The zero-order valence-electron chi connectivity index (χ0n) is 5.01. The summed E-state index contributed by atoms with van der Waals surface area (Å²) in [5.74, 6) is -0.198. The van der Waals surface area contributed by atoms with Gasteiger partial charge in [0, 0.05) is 6.07 Å². The van der Waals surface area contributed by atoms with Gasteiger partial charge in [-0.3, -0.25) is 9.59 Å². The SMILES string of the molecule is O=C(Cl)c1cc(C(=O)Cl)on1. The third kappa shape index (κ3) is 1.78. The van der Waals surface area contributed by atoms with Crippen molar-refractivity contribution in [2.24, 2.45) is 0 Å². The van der Waals surface area contributed by atoms with Gasteiger partial charge in [-0.2, -0.15) is 0 Å². The first-order chi connectivity index (χ1) is 5.11. The van der Waals surface area contributed by atoms with Gasteiger partial charge in [-0.1, -0.05) is 5.16 Å². The maximum atomic E-state index is 10.4. The van der Waals surface area contributed by atoms with E-state index in [1.807, 2.05) is 0 Å². The number of hydrogen-bond acceptors (Lipinski definition) is 4. The molecule has 0 fully saturated rings. The van der Waals surface area contributed by atoms with Crippen LogP contribution in [0.4, 0.5) is 0 Å². The highest BCUT2D eigenvalue weighted by molar-refractivity contribution is 6.68. The molecular weight excluding hydrogens is 193 g/mol. The van der Waals surface area contributed by atoms with Crippen LogP contribution in [0.5, 0.6) is 0 Å². The minimum absolute atomic E-state index is 0.129. The van der Waals surface area contributed by atoms with Gasteiger partial charge in [0.1, 0.15) is 0 Å². The summed E-state index contributed by atoms with van der Waals surface area (Å²) in [6, 6.07) is 1.07. The third-order valence-corrected chi connectivity index (χ3v) is 1.29. The molecule has 0 aromatic carbocycles. The molecule has 0 N–H and O–H groups in total. The molecule has 0 unspecified atom stereocenters. The summed E-state index contributed by atoms with van der Waals surface area (Å²) in [6.07, 6.45) is 0. The van der Waals surface area contributed by atoms with Crippen molar-refractivity contribution < 1.29 is 14.1 Å². The minimum atomic E-state index is -0.818. The quantitative estimate of drug-likeness (QED) is 0.668. The van der Waals surface area contributed by atoms with E-state index in [0.717, 1.165) is 6.07 Å². The molecule has 0 aliphatic carbocycles. The van der Waals surface area contributed by atoms with Crippen molar-refractivity contribution in [1.29, 1.82) is 0 Å². The Balaban J connectivity index is 2.99. The summed E-state index contributed by atoms with van der Waals surface area (Å²) >= 11 is 10.00. The van der Waals surface area contributed by atoms with Crippen LogP contribution < -0.4 is 0 Å². The van der Waals surface area contributed by atoms with E-state index in [9.17, 15) is 9.59 Å². The second-order valence-electron chi connectivity index (χ2n) is 1.62. The van der Waals surface area contributed by atoms with E-state index in [1.165, 1.54) is 0 Å². The molecule has 1 aromatic heterocycles. The van der Waals surface area contributed by atoms with Crippen molar-refractivity contribution in [2.45, 2.75) is 0 Å². The van der Waals surface area contributed by atoms with Crippen LogP contribution in [0.15, 0.2) is 10.6 Å². The van der Waals surface area contributed by atoms with Crippen molar-refractivity contribution in [2.75, 3.05) is 0 Å². The molecule has 1 rings (SSSR count). The molecule has 11 heavy (non-hydrogen) atoms. The normalized spacial score (nSPS) is 9.64. The monoisotopic (exact) mass is 193 g/mol. The molecule has 0 amide bonds. The number of nitrogens with zero attached hydrogens (tertiary/aromatic N) is 1. The summed E-state index contributed by atoms with van der Waals surface area (Å²) in [5, 5.41) is 1.56. The van der Waals surface area contributed by atoms with Crippen molar-refractivity contribution in [3.8, 4) is 0 Å². The summed E-state index contributed by atoms with van der Waals surface area (Å²) in [6.45, 7) is 0. The summed E-state index contributed by atoms with van der Waals surface area (Å²) in [7, 11) is 0. The highest BCUT2D eigenvalue weighted by Gasteiger charge is 2.13. The Morgan fingerprint density at radius 2 is 2.00 bits per heavy atom. The first-order valence-electron chi connectivity index (χ1n) is 2.47. The molecule has 4 nitrogen and oxygen atoms in total. The van der Waals surface area contributed by atoms with Crippen LogP contribution in [-0.2, 0) is 0 Å². The van der Waals surface area contributed by atoms with Gasteiger partial charge in [0.2, 0.25) is 5.76 Å². The summed E-state index contributed by atoms with van der Waals surface area (Å²) in [4.78, 5) is 20.7. The van der Waals surface area contributed by atoms with E-state index in [1.54, 1.807) is 0 Å². The lowest BCUT2D eigenvalue weighted by atomic mass is 10.4. The van der Waals surface area contributed by atoms with Crippen LogP contribution in [0, 0.1) is 0 Å². The Kier molecular flexibility index (Phi) is 2.26. The lowest BCUT2D eigenvalue weighted by Crippen LogP contribution is -1.86. The number of hydrogen-bond donors (Lipinski definition) is 0. The largest absolute Gasteiger partial charge is 0.351 e. The second-order valence-corrected chi connectivity index (χ2v) is 2.31. The molecule has 0 atom stereocenters. The molecule has 0 bridgehead atoms. The van der Waals surface area contributed by atoms with E-state index >= 15 is 0 Å². The van der Waals surface area contributed by atoms with Gasteiger partial charge in [-0.25, -0.2) is 0 Å². The average molecular weight is 194 g/mol. The minimum Gasteiger partial charge on any atom is -0.351 e. The molecule has 0 spiro atoms. The Labute approximate surface area is 71.1 Å². The summed E-state index contributed by atoms with van der Waals surface area (Å²) in [5.41, 5.74) is -0.129. The first kappa shape index (κ1) is 8.23. The fourth-order valence-corrected chi connectivity index (χ4v) is 0.639. The van der Waals surface area contributed by atoms with Crippen molar-refractivity contribution >= 4 is 33.7 Å². The smallest absolute Gasteiger partial charge is 0.290 e. The Morgan fingerprint density at radius 3 is 2.27 bits per heavy atom. The van der Waals surface area contributed by atoms with Crippen LogP contribution >= 0.6 is 23.2 Å². The van der Waals surface area contributed by atoms with Crippen LogP contribution in [-0.4, -0.2) is 15.6 Å². The zero-order valence-corrected chi connectivity index (χ0v) is 6.52. The second kappa shape index (κ2) is 3.02. The molecule has 1 aromatic rings. The topological polar surface area (TPSA) is 60.2 Å². The predicted molar refractivity (Wildman–Crippen MR) is 36.9 cm³/mol. The van der Waals surface area contributed by atoms with Crippen LogP contribution in [0.1, 0.15) is 21.0 Å². The third-order valence-electron chi connectivity index (χ3n) is 0.905. The van der Waals surface area contributed by atoms with Gasteiger partial charge in [-0.05, 0) is 23.2 Å². The Bertz CT molecular complexity index is 278. The lowest BCUT2D eigenvalue weighted by molar-refractivity contribution is 0.104. The summed E-state index contributed by atoms with van der Waals surface area (Å²) < 4.78 is 4.35. The van der Waals surface area contributed by atoms with Crippen LogP contribution in [0.25, 0.3) is 0 Å². The maximum absolute atomic E-state index is 10.4. The Morgan fingerprint density at radius 1 is 1.36 bits per heavy atom. The average Bonchev–Trinajstić information content (AvgIpc) is 2.33. The molecule has 0 radical (unpaired) electrons. The molecule has 0 saturated carbocycles. The Hall–Kier alpha value is -0.870. The van der Waals surface area contributed by atoms with E-state index in [-0.39, 0.29) is 11.5 Å². The molecule has 58 valence electrons. The van der Waals surface area contributed by atoms with Gasteiger partial charge in [0.15, 0.2) is 5.69 Å². The zero-order chi connectivity index (χ0) is 8.43. The van der Waals surface area contributed by atoms with E-state index < -0.39 is 10.5 Å². The van der Waals surface area contributed by atoms with Crippen molar-refractivity contribution in [1.82, 2.24) is 5.16 Å². The number of halogens is 2. The highest BCUT2D eigenvalue weighted by atomic mass is 35.5. The van der Waals surface area contributed by atoms with Gasteiger partial charge in [0.05, 0.1) is 0 Å². The van der Waals surface area contributed by atoms with Crippen molar-refractivity contribution in [3.63, 3.8) is 0 Å². The molecule has 0 aliphatic rings. The van der Waals surface area contributed by atoms with Gasteiger partial charge < -0.3 is 4.52 Å². The number of rotatable bonds is 2. The first-order valence-corrected chi connectivity index (χ1v) is 3.23. The highest BCUT2D eigenvalue weighted by Crippen LogP contribution is 2.08.